The van der Waals surface area contributed by atoms with Crippen LogP contribution in [0.4, 0.5) is 11.4 Å². The molecule has 0 aliphatic heterocycles. The first-order chi connectivity index (χ1) is 9.17. The van der Waals surface area contributed by atoms with E-state index in [9.17, 15) is 10.1 Å². The van der Waals surface area contributed by atoms with Crippen LogP contribution in [-0.2, 0) is 10.6 Å². The second-order valence-electron chi connectivity index (χ2n) is 4.62. The molecule has 2 rings (SSSR count). The molecule has 1 saturated carbocycles. The Kier molecular flexibility index (Phi) is 4.61. The molecular weight excluding hydrogens is 268 g/mol. The van der Waals surface area contributed by atoms with E-state index in [4.69, 9.17) is 16.3 Å². The van der Waals surface area contributed by atoms with E-state index in [2.05, 4.69) is 4.90 Å². The third kappa shape index (κ3) is 3.36. The molecule has 5 nitrogen and oxygen atoms in total. The lowest BCUT2D eigenvalue weighted by Crippen LogP contribution is -2.30. The third-order valence-electron chi connectivity index (χ3n) is 3.25. The molecule has 0 radical (unpaired) electrons. The molecule has 0 aromatic heterocycles. The van der Waals surface area contributed by atoms with Crippen molar-refractivity contribution >= 4 is 23.0 Å². The lowest BCUT2D eigenvalue weighted by atomic mass is 10.1. The van der Waals surface area contributed by atoms with Gasteiger partial charge in [-0.2, -0.15) is 0 Å². The van der Waals surface area contributed by atoms with Gasteiger partial charge < -0.3 is 9.64 Å². The molecule has 104 valence electrons. The second kappa shape index (κ2) is 6.21. The highest BCUT2D eigenvalue weighted by molar-refractivity contribution is 6.17. The van der Waals surface area contributed by atoms with Gasteiger partial charge in [-0.1, -0.05) is 0 Å². The van der Waals surface area contributed by atoms with Crippen LogP contribution in [0.5, 0.6) is 0 Å². The Hall–Kier alpha value is -1.33. The lowest BCUT2D eigenvalue weighted by Gasteiger charge is -2.26. The number of anilines is 1. The number of hydrogen-bond acceptors (Lipinski definition) is 4. The number of rotatable bonds is 7. The van der Waals surface area contributed by atoms with Crippen LogP contribution in [0.2, 0.25) is 0 Å². The second-order valence-corrected chi connectivity index (χ2v) is 4.89. The Morgan fingerprint density at radius 1 is 1.53 bits per heavy atom. The molecule has 1 aromatic carbocycles. The van der Waals surface area contributed by atoms with Gasteiger partial charge in [0.1, 0.15) is 0 Å². The van der Waals surface area contributed by atoms with E-state index in [1.807, 2.05) is 0 Å². The molecule has 0 unspecified atom stereocenters. The molecule has 1 fully saturated rings. The fraction of sp³-hybridized carbons (Fsp3) is 0.538. The summed E-state index contributed by atoms with van der Waals surface area (Å²) >= 11 is 5.93. The number of hydrogen-bond donors (Lipinski definition) is 0. The maximum Gasteiger partial charge on any atom is 0.269 e. The molecule has 0 saturated heterocycles. The van der Waals surface area contributed by atoms with Crippen LogP contribution < -0.4 is 4.90 Å². The van der Waals surface area contributed by atoms with Crippen molar-refractivity contribution in [3.63, 3.8) is 0 Å². The van der Waals surface area contributed by atoms with Crippen LogP contribution >= 0.6 is 11.6 Å². The van der Waals surface area contributed by atoms with E-state index in [-0.39, 0.29) is 11.6 Å². The minimum Gasteiger partial charge on any atom is -0.383 e. The van der Waals surface area contributed by atoms with Crippen molar-refractivity contribution in [2.45, 2.75) is 24.8 Å². The number of ether oxygens (including phenoxy) is 1. The number of nitro groups is 1. The van der Waals surface area contributed by atoms with Crippen molar-refractivity contribution in [1.29, 1.82) is 0 Å². The van der Waals surface area contributed by atoms with Crippen LogP contribution in [0.25, 0.3) is 0 Å². The van der Waals surface area contributed by atoms with Gasteiger partial charge in [-0.05, 0) is 24.5 Å². The smallest absolute Gasteiger partial charge is 0.269 e. The van der Waals surface area contributed by atoms with Crippen molar-refractivity contribution in [2.24, 2.45) is 0 Å². The molecule has 1 aliphatic rings. The standard InChI is InChI=1S/C13H17ClN2O3/c1-19-7-6-15(11-2-3-11)13-5-4-12(16(17)18)8-10(13)9-14/h4-5,8,11H,2-3,6-7,9H2,1H3. The summed E-state index contributed by atoms with van der Waals surface area (Å²) in [5, 5.41) is 10.8. The minimum absolute atomic E-state index is 0.0851. The first-order valence-electron chi connectivity index (χ1n) is 6.26. The highest BCUT2D eigenvalue weighted by atomic mass is 35.5. The van der Waals surface area contributed by atoms with E-state index >= 15 is 0 Å². The van der Waals surface area contributed by atoms with Gasteiger partial charge in [0.05, 0.1) is 11.5 Å². The predicted octanol–water partition coefficient (Wildman–Crippen LogP) is 2.95. The summed E-state index contributed by atoms with van der Waals surface area (Å²) in [5.41, 5.74) is 1.88. The van der Waals surface area contributed by atoms with E-state index in [1.165, 1.54) is 6.07 Å². The highest BCUT2D eigenvalue weighted by Gasteiger charge is 2.30. The van der Waals surface area contributed by atoms with Crippen LogP contribution in [-0.4, -0.2) is 31.2 Å². The molecule has 0 spiro atoms. The Balaban J connectivity index is 2.27. The third-order valence-corrected chi connectivity index (χ3v) is 3.54. The molecule has 0 N–H and O–H groups in total. The first-order valence-corrected chi connectivity index (χ1v) is 6.79. The molecule has 6 heteroatoms. The number of benzene rings is 1. The number of alkyl halides is 1. The van der Waals surface area contributed by atoms with Crippen molar-refractivity contribution in [3.05, 3.63) is 33.9 Å². The molecule has 0 bridgehead atoms. The average molecular weight is 285 g/mol. The normalized spacial score (nSPS) is 14.4. The van der Waals surface area contributed by atoms with Crippen molar-refractivity contribution in [3.8, 4) is 0 Å². The summed E-state index contributed by atoms with van der Waals surface area (Å²) in [6.45, 7) is 1.41. The van der Waals surface area contributed by atoms with Crippen LogP contribution in [0.1, 0.15) is 18.4 Å². The van der Waals surface area contributed by atoms with Gasteiger partial charge in [0, 0.05) is 43.4 Å². The average Bonchev–Trinajstić information content (AvgIpc) is 3.23. The summed E-state index contributed by atoms with van der Waals surface area (Å²) in [4.78, 5) is 12.6. The fourth-order valence-corrected chi connectivity index (χ4v) is 2.36. The van der Waals surface area contributed by atoms with Gasteiger partial charge in [-0.15, -0.1) is 11.6 Å². The Bertz CT molecular complexity index is 463. The Labute approximate surface area is 117 Å². The van der Waals surface area contributed by atoms with Gasteiger partial charge in [-0.3, -0.25) is 10.1 Å². The Morgan fingerprint density at radius 2 is 2.26 bits per heavy atom. The van der Waals surface area contributed by atoms with Crippen molar-refractivity contribution in [2.75, 3.05) is 25.2 Å². The monoisotopic (exact) mass is 284 g/mol. The number of non-ortho nitro benzene ring substituents is 1. The maximum absolute atomic E-state index is 10.8. The summed E-state index contributed by atoms with van der Waals surface area (Å²) in [5.74, 6) is 0.271. The molecule has 0 heterocycles. The molecule has 0 amide bonds. The topological polar surface area (TPSA) is 55.6 Å². The zero-order valence-electron chi connectivity index (χ0n) is 10.8. The van der Waals surface area contributed by atoms with Crippen molar-refractivity contribution in [1.82, 2.24) is 0 Å². The number of halogens is 1. The molecule has 1 aromatic rings. The zero-order valence-corrected chi connectivity index (χ0v) is 11.6. The van der Waals surface area contributed by atoms with E-state index < -0.39 is 4.92 Å². The van der Waals surface area contributed by atoms with Crippen molar-refractivity contribution < 1.29 is 9.66 Å². The molecular formula is C13H17ClN2O3. The zero-order chi connectivity index (χ0) is 13.8. The van der Waals surface area contributed by atoms with Gasteiger partial charge in [0.15, 0.2) is 0 Å². The molecule has 19 heavy (non-hydrogen) atoms. The highest BCUT2D eigenvalue weighted by Crippen LogP contribution is 2.35. The SMILES string of the molecule is COCCN(c1ccc([N+](=O)[O-])cc1CCl)C1CC1. The van der Waals surface area contributed by atoms with Gasteiger partial charge in [0.25, 0.3) is 5.69 Å². The lowest BCUT2D eigenvalue weighted by molar-refractivity contribution is -0.384. The fourth-order valence-electron chi connectivity index (χ4n) is 2.15. The largest absolute Gasteiger partial charge is 0.383 e. The quantitative estimate of drug-likeness (QED) is 0.439. The van der Waals surface area contributed by atoms with Crippen LogP contribution in [0, 0.1) is 10.1 Å². The first kappa shape index (κ1) is 14.1. The minimum atomic E-state index is -0.392. The van der Waals surface area contributed by atoms with Crippen LogP contribution in [0.3, 0.4) is 0 Å². The summed E-state index contributed by atoms with van der Waals surface area (Å²) in [6.07, 6.45) is 2.31. The van der Waals surface area contributed by atoms with Gasteiger partial charge >= 0.3 is 0 Å². The van der Waals surface area contributed by atoms with E-state index in [0.29, 0.717) is 12.6 Å². The van der Waals surface area contributed by atoms with E-state index in [1.54, 1.807) is 19.2 Å². The number of nitro benzene ring substituents is 1. The number of nitrogens with zero attached hydrogens (tertiary/aromatic N) is 2. The Morgan fingerprint density at radius 3 is 2.79 bits per heavy atom. The summed E-state index contributed by atoms with van der Waals surface area (Å²) in [6, 6.07) is 5.40. The predicted molar refractivity (Wildman–Crippen MR) is 74.9 cm³/mol. The molecule has 1 aliphatic carbocycles. The van der Waals surface area contributed by atoms with Crippen LogP contribution in [0.15, 0.2) is 18.2 Å². The summed E-state index contributed by atoms with van der Waals surface area (Å²) in [7, 11) is 1.67. The number of methoxy groups -OCH3 is 1. The van der Waals surface area contributed by atoms with Gasteiger partial charge in [0.2, 0.25) is 0 Å². The summed E-state index contributed by atoms with van der Waals surface area (Å²) < 4.78 is 5.12. The maximum atomic E-state index is 10.8. The molecule has 0 atom stereocenters. The van der Waals surface area contributed by atoms with Gasteiger partial charge in [-0.25, -0.2) is 0 Å². The van der Waals surface area contributed by atoms with E-state index in [0.717, 1.165) is 30.6 Å².